The first-order chi connectivity index (χ1) is 11.7. The molecule has 0 aliphatic carbocycles. The number of nitrogens with zero attached hydrogens (tertiary/aromatic N) is 3. The molecule has 4 heterocycles. The summed E-state index contributed by atoms with van der Waals surface area (Å²) in [6.07, 6.45) is 5.57. The lowest BCUT2D eigenvalue weighted by atomic mass is 9.97. The van der Waals surface area contributed by atoms with E-state index in [1.54, 1.807) is 12.3 Å². The van der Waals surface area contributed by atoms with Crippen molar-refractivity contribution >= 4 is 5.91 Å². The van der Waals surface area contributed by atoms with E-state index >= 15 is 0 Å². The third-order valence-electron chi connectivity index (χ3n) is 4.42. The highest BCUT2D eigenvalue weighted by molar-refractivity contribution is 5.93. The molecule has 3 aromatic rings. The Hall–Kier alpha value is -2.83. The number of furan rings is 1. The SMILES string of the molecule is Cc1ccc(-c2cc(C(=O)N3CCC[C@@H](c4ncc[nH]4)C3)n[nH]2)o1. The second-order valence-corrected chi connectivity index (χ2v) is 6.14. The zero-order valence-corrected chi connectivity index (χ0v) is 13.5. The first-order valence-electron chi connectivity index (χ1n) is 8.11. The van der Waals surface area contributed by atoms with Gasteiger partial charge in [-0.3, -0.25) is 9.89 Å². The molecular formula is C17H19N5O2. The van der Waals surface area contributed by atoms with Gasteiger partial charge in [-0.25, -0.2) is 4.98 Å². The number of nitrogens with one attached hydrogen (secondary N) is 2. The van der Waals surface area contributed by atoms with E-state index in [9.17, 15) is 4.79 Å². The number of hydrogen-bond donors (Lipinski definition) is 2. The number of H-pyrrole nitrogens is 2. The zero-order chi connectivity index (χ0) is 16.5. The molecule has 0 radical (unpaired) electrons. The average molecular weight is 325 g/mol. The van der Waals surface area contributed by atoms with Crippen molar-refractivity contribution in [3.63, 3.8) is 0 Å². The summed E-state index contributed by atoms with van der Waals surface area (Å²) < 4.78 is 5.57. The number of hydrogen-bond acceptors (Lipinski definition) is 4. The van der Waals surface area contributed by atoms with Crippen molar-refractivity contribution < 1.29 is 9.21 Å². The van der Waals surface area contributed by atoms with E-state index in [1.165, 1.54) is 0 Å². The molecule has 0 aromatic carbocycles. The lowest BCUT2D eigenvalue weighted by Crippen LogP contribution is -2.39. The molecule has 7 heteroatoms. The van der Waals surface area contributed by atoms with Crippen LogP contribution in [-0.4, -0.2) is 44.1 Å². The molecule has 3 aromatic heterocycles. The highest BCUT2D eigenvalue weighted by Crippen LogP contribution is 2.26. The lowest BCUT2D eigenvalue weighted by molar-refractivity contribution is 0.0699. The molecule has 2 N–H and O–H groups in total. The maximum Gasteiger partial charge on any atom is 0.274 e. The van der Waals surface area contributed by atoms with Gasteiger partial charge in [-0.05, 0) is 31.9 Å². The summed E-state index contributed by atoms with van der Waals surface area (Å²) >= 11 is 0. The van der Waals surface area contributed by atoms with Crippen LogP contribution in [0.5, 0.6) is 0 Å². The van der Waals surface area contributed by atoms with Gasteiger partial charge in [0.15, 0.2) is 11.5 Å². The molecule has 1 fully saturated rings. The van der Waals surface area contributed by atoms with Crippen molar-refractivity contribution in [1.82, 2.24) is 25.1 Å². The number of imidazole rings is 1. The molecule has 0 saturated carbocycles. The van der Waals surface area contributed by atoms with Gasteiger partial charge in [0.1, 0.15) is 17.3 Å². The van der Waals surface area contributed by atoms with Crippen LogP contribution in [0.2, 0.25) is 0 Å². The first-order valence-corrected chi connectivity index (χ1v) is 8.11. The number of aromatic amines is 2. The minimum atomic E-state index is -0.0583. The van der Waals surface area contributed by atoms with Crippen molar-refractivity contribution in [2.24, 2.45) is 0 Å². The predicted octanol–water partition coefficient (Wildman–Crippen LogP) is 2.72. The van der Waals surface area contributed by atoms with Crippen molar-refractivity contribution in [1.29, 1.82) is 0 Å². The third kappa shape index (κ3) is 2.73. The second kappa shape index (κ2) is 5.99. The highest BCUT2D eigenvalue weighted by atomic mass is 16.3. The molecule has 124 valence electrons. The molecule has 1 atom stereocenters. The standard InChI is InChI=1S/C17H19N5O2/c1-11-4-5-15(24-11)13-9-14(21-20-13)17(23)22-8-2-3-12(10-22)16-18-6-7-19-16/h4-7,9,12H,2-3,8,10H2,1H3,(H,18,19)(H,20,21)/t12-/m1/s1. The molecule has 0 spiro atoms. The Morgan fingerprint density at radius 2 is 2.33 bits per heavy atom. The van der Waals surface area contributed by atoms with Crippen LogP contribution in [0.3, 0.4) is 0 Å². The summed E-state index contributed by atoms with van der Waals surface area (Å²) in [7, 11) is 0. The van der Waals surface area contributed by atoms with Crippen LogP contribution in [0.1, 0.15) is 40.8 Å². The molecule has 4 rings (SSSR count). The van der Waals surface area contributed by atoms with E-state index in [0.29, 0.717) is 23.7 Å². The van der Waals surface area contributed by atoms with Gasteiger partial charge in [0, 0.05) is 37.5 Å². The molecule has 0 unspecified atom stereocenters. The fourth-order valence-electron chi connectivity index (χ4n) is 3.18. The first kappa shape index (κ1) is 14.7. The van der Waals surface area contributed by atoms with Crippen LogP contribution in [0.25, 0.3) is 11.5 Å². The summed E-state index contributed by atoms with van der Waals surface area (Å²) in [5, 5.41) is 7.05. The fraction of sp³-hybridized carbons (Fsp3) is 0.353. The number of amides is 1. The predicted molar refractivity (Wildman–Crippen MR) is 87.5 cm³/mol. The Bertz CT molecular complexity index is 833. The summed E-state index contributed by atoms with van der Waals surface area (Å²) in [6, 6.07) is 5.50. The Kier molecular flexibility index (Phi) is 3.68. The van der Waals surface area contributed by atoms with E-state index in [2.05, 4.69) is 20.2 Å². The summed E-state index contributed by atoms with van der Waals surface area (Å²) in [5.41, 5.74) is 1.13. The van der Waals surface area contributed by atoms with E-state index in [1.807, 2.05) is 30.2 Å². The van der Waals surface area contributed by atoms with Crippen LogP contribution in [0.4, 0.5) is 0 Å². The smallest absolute Gasteiger partial charge is 0.274 e. The van der Waals surface area contributed by atoms with Gasteiger partial charge in [-0.2, -0.15) is 5.10 Å². The zero-order valence-electron chi connectivity index (χ0n) is 13.5. The van der Waals surface area contributed by atoms with Crippen LogP contribution >= 0.6 is 0 Å². The number of rotatable bonds is 3. The number of carbonyl (C=O) groups excluding carboxylic acids is 1. The summed E-state index contributed by atoms with van der Waals surface area (Å²) in [4.78, 5) is 22.1. The summed E-state index contributed by atoms with van der Waals surface area (Å²) in [5.74, 6) is 2.65. The average Bonchev–Trinajstić information content (AvgIpc) is 3.35. The van der Waals surface area contributed by atoms with Crippen LogP contribution in [0.15, 0.2) is 35.0 Å². The van der Waals surface area contributed by atoms with Gasteiger partial charge in [-0.1, -0.05) is 0 Å². The topological polar surface area (TPSA) is 90.8 Å². The molecular weight excluding hydrogens is 306 g/mol. The Morgan fingerprint density at radius 1 is 1.42 bits per heavy atom. The molecule has 1 amide bonds. The van der Waals surface area contributed by atoms with E-state index in [4.69, 9.17) is 4.42 Å². The number of piperidine rings is 1. The number of aryl methyl sites for hydroxylation is 1. The minimum Gasteiger partial charge on any atom is -0.460 e. The third-order valence-corrected chi connectivity index (χ3v) is 4.42. The second-order valence-electron chi connectivity index (χ2n) is 6.14. The van der Waals surface area contributed by atoms with Gasteiger partial charge >= 0.3 is 0 Å². The largest absolute Gasteiger partial charge is 0.460 e. The normalized spacial score (nSPS) is 18.0. The van der Waals surface area contributed by atoms with Crippen molar-refractivity contribution in [2.45, 2.75) is 25.7 Å². The molecule has 0 bridgehead atoms. The maximum atomic E-state index is 12.7. The number of carbonyl (C=O) groups is 1. The Morgan fingerprint density at radius 3 is 3.08 bits per heavy atom. The van der Waals surface area contributed by atoms with E-state index < -0.39 is 0 Å². The van der Waals surface area contributed by atoms with Gasteiger partial charge in [0.25, 0.3) is 5.91 Å². The Labute approximate surface area is 139 Å². The molecule has 1 saturated heterocycles. The number of aromatic nitrogens is 4. The fourth-order valence-corrected chi connectivity index (χ4v) is 3.18. The van der Waals surface area contributed by atoms with Crippen molar-refractivity contribution in [2.75, 3.05) is 13.1 Å². The van der Waals surface area contributed by atoms with Gasteiger partial charge in [0.2, 0.25) is 0 Å². The van der Waals surface area contributed by atoms with Crippen LogP contribution in [0, 0.1) is 6.92 Å². The van der Waals surface area contributed by atoms with Crippen molar-refractivity contribution in [3.05, 3.63) is 47.9 Å². The molecule has 1 aliphatic rings. The van der Waals surface area contributed by atoms with E-state index in [0.717, 1.165) is 31.0 Å². The highest BCUT2D eigenvalue weighted by Gasteiger charge is 2.28. The lowest BCUT2D eigenvalue weighted by Gasteiger charge is -2.31. The molecule has 24 heavy (non-hydrogen) atoms. The number of likely N-dealkylation sites (tertiary alicyclic amines) is 1. The van der Waals surface area contributed by atoms with Crippen LogP contribution in [-0.2, 0) is 0 Å². The maximum absolute atomic E-state index is 12.7. The quantitative estimate of drug-likeness (QED) is 0.774. The van der Waals surface area contributed by atoms with Gasteiger partial charge in [-0.15, -0.1) is 0 Å². The molecule has 1 aliphatic heterocycles. The van der Waals surface area contributed by atoms with Crippen molar-refractivity contribution in [3.8, 4) is 11.5 Å². The Balaban J connectivity index is 1.50. The van der Waals surface area contributed by atoms with E-state index in [-0.39, 0.29) is 11.8 Å². The minimum absolute atomic E-state index is 0.0583. The summed E-state index contributed by atoms with van der Waals surface area (Å²) in [6.45, 7) is 3.29. The van der Waals surface area contributed by atoms with Crippen LogP contribution < -0.4 is 0 Å². The van der Waals surface area contributed by atoms with Gasteiger partial charge in [0.05, 0.1) is 0 Å². The van der Waals surface area contributed by atoms with Gasteiger partial charge < -0.3 is 14.3 Å². The monoisotopic (exact) mass is 325 g/mol. The molecule has 7 nitrogen and oxygen atoms in total.